The highest BCUT2D eigenvalue weighted by atomic mass is 16.6. The van der Waals surface area contributed by atoms with Crippen molar-refractivity contribution in [3.05, 3.63) is 35.9 Å². The van der Waals surface area contributed by atoms with Gasteiger partial charge in [-0.1, -0.05) is 30.3 Å². The maximum absolute atomic E-state index is 11.9. The molecule has 0 bridgehead atoms. The summed E-state index contributed by atoms with van der Waals surface area (Å²) in [5, 5.41) is 9.85. The maximum Gasteiger partial charge on any atom is 0.408 e. The molecular weight excluding hydrogens is 376 g/mol. The molecule has 0 radical (unpaired) electrons. The van der Waals surface area contributed by atoms with Gasteiger partial charge in [0.25, 0.3) is 0 Å². The van der Waals surface area contributed by atoms with Crippen LogP contribution in [0.5, 0.6) is 0 Å². The Bertz CT molecular complexity index is 701. The molecule has 0 saturated heterocycles. The molecule has 9 heteroatoms. The van der Waals surface area contributed by atoms with Crippen LogP contribution in [0.4, 0.5) is 4.79 Å². The number of hydrogen-bond acceptors (Lipinski definition) is 5. The molecule has 1 aromatic rings. The van der Waals surface area contributed by atoms with Gasteiger partial charge in [-0.2, -0.15) is 0 Å². The lowest BCUT2D eigenvalue weighted by Crippen LogP contribution is -2.46. The van der Waals surface area contributed by atoms with Crippen LogP contribution in [-0.2, 0) is 25.5 Å². The van der Waals surface area contributed by atoms with E-state index in [-0.39, 0.29) is 31.6 Å². The molecule has 9 nitrogen and oxygen atoms in total. The van der Waals surface area contributed by atoms with Crippen LogP contribution in [0.1, 0.15) is 33.3 Å². The Labute approximate surface area is 170 Å². The Hall–Kier alpha value is -3.10. The second kappa shape index (κ2) is 11.7. The zero-order valence-electron chi connectivity index (χ0n) is 17.3. The maximum atomic E-state index is 11.9. The van der Waals surface area contributed by atoms with Crippen LogP contribution in [0.2, 0.25) is 0 Å². The van der Waals surface area contributed by atoms with Crippen molar-refractivity contribution in [2.24, 2.45) is 0 Å². The first-order valence-electron chi connectivity index (χ1n) is 9.38. The first kappa shape index (κ1) is 23.9. The molecule has 0 spiro atoms. The summed E-state index contributed by atoms with van der Waals surface area (Å²) in [6.45, 7) is 6.18. The Morgan fingerprint density at radius 1 is 0.862 bits per heavy atom. The number of alkyl carbamates (subject to hydrolysis) is 1. The highest BCUT2D eigenvalue weighted by Gasteiger charge is 2.17. The second-order valence-electron chi connectivity index (χ2n) is 7.57. The van der Waals surface area contributed by atoms with Gasteiger partial charge >= 0.3 is 6.09 Å². The molecule has 1 atom stereocenters. The van der Waals surface area contributed by atoms with E-state index in [0.29, 0.717) is 6.42 Å². The zero-order valence-corrected chi connectivity index (χ0v) is 17.3. The van der Waals surface area contributed by atoms with Gasteiger partial charge < -0.3 is 26.0 Å². The fourth-order valence-corrected chi connectivity index (χ4v) is 2.29. The van der Waals surface area contributed by atoms with Crippen molar-refractivity contribution in [1.82, 2.24) is 21.3 Å². The second-order valence-corrected chi connectivity index (χ2v) is 7.57. The van der Waals surface area contributed by atoms with Crippen molar-refractivity contribution >= 4 is 23.8 Å². The summed E-state index contributed by atoms with van der Waals surface area (Å²) in [5.41, 5.74) is 0.437. The smallest absolute Gasteiger partial charge is 0.408 e. The van der Waals surface area contributed by atoms with Gasteiger partial charge in [-0.15, -0.1) is 0 Å². The molecule has 29 heavy (non-hydrogen) atoms. The molecule has 1 aromatic carbocycles. The molecule has 1 unspecified atom stereocenters. The van der Waals surface area contributed by atoms with Gasteiger partial charge in [-0.25, -0.2) is 4.79 Å². The van der Waals surface area contributed by atoms with Crippen LogP contribution in [0.25, 0.3) is 0 Å². The fourth-order valence-electron chi connectivity index (χ4n) is 2.29. The van der Waals surface area contributed by atoms with Crippen LogP contribution in [0, 0.1) is 0 Å². The molecule has 0 saturated carbocycles. The van der Waals surface area contributed by atoms with Crippen molar-refractivity contribution in [2.45, 2.75) is 45.8 Å². The topological polar surface area (TPSA) is 126 Å². The third-order valence-corrected chi connectivity index (χ3v) is 3.48. The van der Waals surface area contributed by atoms with E-state index in [9.17, 15) is 19.2 Å². The monoisotopic (exact) mass is 406 g/mol. The van der Waals surface area contributed by atoms with Crippen LogP contribution in [0.3, 0.4) is 0 Å². The van der Waals surface area contributed by atoms with Crippen molar-refractivity contribution in [2.75, 3.05) is 19.6 Å². The highest BCUT2D eigenvalue weighted by Crippen LogP contribution is 2.06. The van der Waals surface area contributed by atoms with E-state index in [1.165, 1.54) is 0 Å². The Balaban J connectivity index is 2.18. The average Bonchev–Trinajstić information content (AvgIpc) is 2.62. The third-order valence-electron chi connectivity index (χ3n) is 3.48. The molecule has 0 aliphatic carbocycles. The highest BCUT2D eigenvalue weighted by molar-refractivity contribution is 5.89. The van der Waals surface area contributed by atoms with Crippen molar-refractivity contribution < 1.29 is 23.9 Å². The van der Waals surface area contributed by atoms with Crippen LogP contribution < -0.4 is 21.3 Å². The summed E-state index contributed by atoms with van der Waals surface area (Å²) in [4.78, 5) is 46.7. The Morgan fingerprint density at radius 3 is 1.93 bits per heavy atom. The number of carbonyl (C=O) groups excluding carboxylic acids is 4. The molecule has 0 heterocycles. The normalized spacial score (nSPS) is 11.7. The van der Waals surface area contributed by atoms with E-state index < -0.39 is 23.5 Å². The predicted molar refractivity (Wildman–Crippen MR) is 108 cm³/mol. The van der Waals surface area contributed by atoms with Crippen LogP contribution >= 0.6 is 0 Å². The van der Waals surface area contributed by atoms with Crippen molar-refractivity contribution in [3.8, 4) is 0 Å². The van der Waals surface area contributed by atoms with E-state index in [2.05, 4.69) is 21.3 Å². The zero-order chi connectivity index (χ0) is 21.9. The summed E-state index contributed by atoms with van der Waals surface area (Å²) < 4.78 is 4.99. The number of rotatable bonds is 9. The SMILES string of the molecule is CC(Cc1ccccc1)NC(=O)CNC(=O)CNC(=O)CNC(=O)OC(C)(C)C. The molecule has 1 rings (SSSR count). The van der Waals surface area contributed by atoms with Gasteiger partial charge in [-0.05, 0) is 39.7 Å². The Morgan fingerprint density at radius 2 is 1.38 bits per heavy atom. The van der Waals surface area contributed by atoms with Crippen LogP contribution in [0.15, 0.2) is 30.3 Å². The number of amides is 4. The van der Waals surface area contributed by atoms with Crippen molar-refractivity contribution in [1.29, 1.82) is 0 Å². The van der Waals surface area contributed by atoms with Gasteiger partial charge in [-0.3, -0.25) is 14.4 Å². The molecule has 0 fully saturated rings. The summed E-state index contributed by atoms with van der Waals surface area (Å²) in [5.74, 6) is -1.38. The summed E-state index contributed by atoms with van der Waals surface area (Å²) in [7, 11) is 0. The molecular formula is C20H30N4O5. The fraction of sp³-hybridized carbons (Fsp3) is 0.500. The van der Waals surface area contributed by atoms with Gasteiger partial charge in [0.15, 0.2) is 0 Å². The largest absolute Gasteiger partial charge is 0.444 e. The van der Waals surface area contributed by atoms with Gasteiger partial charge in [0.05, 0.1) is 13.1 Å². The van der Waals surface area contributed by atoms with Crippen molar-refractivity contribution in [3.63, 3.8) is 0 Å². The molecule has 0 aliphatic rings. The summed E-state index contributed by atoms with van der Waals surface area (Å²) in [6, 6.07) is 9.66. The quantitative estimate of drug-likeness (QED) is 0.475. The van der Waals surface area contributed by atoms with Gasteiger partial charge in [0.2, 0.25) is 17.7 Å². The lowest BCUT2D eigenvalue weighted by atomic mass is 10.1. The minimum atomic E-state index is -0.724. The van der Waals surface area contributed by atoms with E-state index in [1.807, 2.05) is 37.3 Å². The molecule has 160 valence electrons. The lowest BCUT2D eigenvalue weighted by Gasteiger charge is -2.19. The molecule has 0 aliphatic heterocycles. The van der Waals surface area contributed by atoms with E-state index in [0.717, 1.165) is 5.56 Å². The van der Waals surface area contributed by atoms with Gasteiger partial charge in [0, 0.05) is 6.04 Å². The van der Waals surface area contributed by atoms with E-state index in [4.69, 9.17) is 4.74 Å². The molecule has 0 aromatic heterocycles. The Kier molecular flexibility index (Phi) is 9.64. The molecule has 4 amide bonds. The first-order chi connectivity index (χ1) is 13.5. The molecule has 4 N–H and O–H groups in total. The predicted octanol–water partition coefficient (Wildman–Crippen LogP) is 0.491. The summed E-state index contributed by atoms with van der Waals surface area (Å²) >= 11 is 0. The number of ether oxygens (including phenoxy) is 1. The minimum absolute atomic E-state index is 0.0829. The third kappa shape index (κ3) is 12.1. The first-order valence-corrected chi connectivity index (χ1v) is 9.38. The van der Waals surface area contributed by atoms with Gasteiger partial charge in [0.1, 0.15) is 12.1 Å². The average molecular weight is 406 g/mol. The number of carbonyl (C=O) groups is 4. The number of nitrogens with one attached hydrogen (secondary N) is 4. The lowest BCUT2D eigenvalue weighted by molar-refractivity contribution is -0.127. The van der Waals surface area contributed by atoms with E-state index >= 15 is 0 Å². The number of benzene rings is 1. The minimum Gasteiger partial charge on any atom is -0.444 e. The van der Waals surface area contributed by atoms with E-state index in [1.54, 1.807) is 20.8 Å². The van der Waals surface area contributed by atoms with Crippen LogP contribution in [-0.4, -0.2) is 55.1 Å². The summed E-state index contributed by atoms with van der Waals surface area (Å²) in [6.07, 6.45) is -0.0419. The number of hydrogen-bond donors (Lipinski definition) is 4. The standard InChI is InChI=1S/C20H30N4O5/c1-14(10-15-8-6-5-7-9-15)24-18(27)13-22-16(25)11-21-17(26)12-23-19(28)29-20(2,3)4/h5-9,14H,10-13H2,1-4H3,(H,21,26)(H,22,25)(H,23,28)(H,24,27).